The van der Waals surface area contributed by atoms with Gasteiger partial charge in [0.25, 0.3) is 0 Å². The van der Waals surface area contributed by atoms with Gasteiger partial charge >= 0.3 is 5.97 Å². The lowest BCUT2D eigenvalue weighted by Crippen LogP contribution is -2.58. The van der Waals surface area contributed by atoms with E-state index in [1.165, 1.54) is 0 Å². The van der Waals surface area contributed by atoms with Gasteiger partial charge in [-0.2, -0.15) is 0 Å². The lowest BCUT2D eigenvalue weighted by Gasteiger charge is -2.50. The minimum absolute atomic E-state index is 0.0594. The molecule has 0 radical (unpaired) electrons. The Morgan fingerprint density at radius 2 is 1.57 bits per heavy atom. The second-order valence-electron chi connectivity index (χ2n) is 8.07. The number of hydrogen-bond acceptors (Lipinski definition) is 4. The summed E-state index contributed by atoms with van der Waals surface area (Å²) in [6.45, 7) is 4.38. The highest BCUT2D eigenvalue weighted by Gasteiger charge is 2.44. The van der Waals surface area contributed by atoms with Crippen LogP contribution in [0.3, 0.4) is 0 Å². The molecular formula is C24H29NO3. The van der Waals surface area contributed by atoms with Crippen molar-refractivity contribution in [1.29, 1.82) is 0 Å². The molecule has 4 nitrogen and oxygen atoms in total. The number of esters is 1. The van der Waals surface area contributed by atoms with Crippen molar-refractivity contribution in [2.45, 2.75) is 50.4 Å². The topological polar surface area (TPSA) is 49.8 Å². The molecule has 2 atom stereocenters. The van der Waals surface area contributed by atoms with Crippen molar-refractivity contribution in [3.63, 3.8) is 0 Å². The Bertz CT molecular complexity index is 745. The Morgan fingerprint density at radius 3 is 2.07 bits per heavy atom. The first-order valence-corrected chi connectivity index (χ1v) is 10.4. The third kappa shape index (κ3) is 3.59. The van der Waals surface area contributed by atoms with E-state index >= 15 is 0 Å². The van der Waals surface area contributed by atoms with Crippen molar-refractivity contribution in [1.82, 2.24) is 4.90 Å². The van der Waals surface area contributed by atoms with Crippen LogP contribution in [0.15, 0.2) is 60.7 Å². The van der Waals surface area contributed by atoms with E-state index in [-0.39, 0.29) is 18.5 Å². The van der Waals surface area contributed by atoms with Gasteiger partial charge in [-0.25, -0.2) is 0 Å². The Kier molecular flexibility index (Phi) is 5.51. The Morgan fingerprint density at radius 1 is 1.04 bits per heavy atom. The van der Waals surface area contributed by atoms with Crippen LogP contribution in [0, 0.1) is 5.92 Å². The largest absolute Gasteiger partial charge is 0.460 e. The zero-order valence-corrected chi connectivity index (χ0v) is 16.5. The number of rotatable bonds is 6. The van der Waals surface area contributed by atoms with Gasteiger partial charge in [0, 0.05) is 6.04 Å². The summed E-state index contributed by atoms with van der Waals surface area (Å²) in [7, 11) is 0. The highest BCUT2D eigenvalue weighted by Crippen LogP contribution is 2.38. The predicted octanol–water partition coefficient (Wildman–Crippen LogP) is 3.73. The predicted molar refractivity (Wildman–Crippen MR) is 109 cm³/mol. The molecule has 3 saturated heterocycles. The molecule has 3 aliphatic rings. The van der Waals surface area contributed by atoms with E-state index in [0.717, 1.165) is 32.4 Å². The van der Waals surface area contributed by atoms with Crippen molar-refractivity contribution >= 4 is 5.97 Å². The van der Waals surface area contributed by atoms with E-state index in [2.05, 4.69) is 11.8 Å². The van der Waals surface area contributed by atoms with Gasteiger partial charge in [0.1, 0.15) is 11.7 Å². The van der Waals surface area contributed by atoms with Crippen LogP contribution in [0.25, 0.3) is 0 Å². The maximum absolute atomic E-state index is 13.0. The standard InChI is InChI=1S/C24H29NO3/c1-2-21-23(18-13-15-25(21)16-14-18)28-22(26)17-24(27,19-9-5-3-6-10-19)20-11-7-4-8-12-20/h3-12,18,21,23,27H,2,13-17H2,1H3/t21-,23-/m1/s1. The first-order valence-electron chi connectivity index (χ1n) is 10.4. The van der Waals surface area contributed by atoms with E-state index < -0.39 is 5.60 Å². The van der Waals surface area contributed by atoms with Gasteiger partial charge in [-0.15, -0.1) is 0 Å². The molecular weight excluding hydrogens is 350 g/mol. The number of carbonyl (C=O) groups excluding carboxylic acids is 1. The van der Waals surface area contributed by atoms with Gasteiger partial charge in [0.15, 0.2) is 0 Å². The number of carbonyl (C=O) groups is 1. The SMILES string of the molecule is CC[C@@H]1[C@H](OC(=O)CC(O)(c2ccccc2)c2ccccc2)C2CCN1CC2. The van der Waals surface area contributed by atoms with Crippen LogP contribution in [-0.4, -0.2) is 41.2 Å². The number of benzene rings is 2. The number of hydrogen-bond donors (Lipinski definition) is 1. The average molecular weight is 380 g/mol. The van der Waals surface area contributed by atoms with Crippen molar-refractivity contribution in [3.8, 4) is 0 Å². The summed E-state index contributed by atoms with van der Waals surface area (Å²) in [5.41, 5.74) is 0.0214. The normalized spacial score (nSPS) is 26.8. The molecule has 3 aliphatic heterocycles. The molecule has 0 aliphatic carbocycles. The first-order chi connectivity index (χ1) is 13.6. The molecule has 0 unspecified atom stereocenters. The number of piperidine rings is 3. The maximum atomic E-state index is 13.0. The number of nitrogens with zero attached hydrogens (tertiary/aromatic N) is 1. The summed E-state index contributed by atoms with van der Waals surface area (Å²) in [6.07, 6.45) is 3.03. The van der Waals surface area contributed by atoms with E-state index in [1.807, 2.05) is 60.7 Å². The molecule has 5 rings (SSSR count). The summed E-state index contributed by atoms with van der Waals surface area (Å²) in [6, 6.07) is 19.1. The molecule has 148 valence electrons. The molecule has 28 heavy (non-hydrogen) atoms. The molecule has 1 N–H and O–H groups in total. The van der Waals surface area contributed by atoms with Gasteiger partial charge in [-0.05, 0) is 49.4 Å². The zero-order chi connectivity index (χ0) is 19.6. The van der Waals surface area contributed by atoms with E-state index in [9.17, 15) is 9.90 Å². The van der Waals surface area contributed by atoms with Gasteiger partial charge < -0.3 is 9.84 Å². The van der Waals surface area contributed by atoms with Crippen LogP contribution in [0.1, 0.15) is 43.7 Å². The van der Waals surface area contributed by atoms with Crippen molar-refractivity contribution in [3.05, 3.63) is 71.8 Å². The minimum atomic E-state index is -1.39. The number of aliphatic hydroxyl groups is 1. The van der Waals surface area contributed by atoms with Crippen LogP contribution in [0.2, 0.25) is 0 Å². The molecule has 2 aromatic carbocycles. The van der Waals surface area contributed by atoms with Crippen LogP contribution < -0.4 is 0 Å². The van der Waals surface area contributed by atoms with Gasteiger partial charge in [0.2, 0.25) is 0 Å². The lowest BCUT2D eigenvalue weighted by atomic mass is 9.79. The molecule has 3 heterocycles. The minimum Gasteiger partial charge on any atom is -0.460 e. The van der Waals surface area contributed by atoms with Crippen LogP contribution >= 0.6 is 0 Å². The third-order valence-corrected chi connectivity index (χ3v) is 6.48. The average Bonchev–Trinajstić information content (AvgIpc) is 2.75. The van der Waals surface area contributed by atoms with Crippen LogP contribution in [0.4, 0.5) is 0 Å². The van der Waals surface area contributed by atoms with E-state index in [1.54, 1.807) is 0 Å². The van der Waals surface area contributed by atoms with Crippen LogP contribution in [0.5, 0.6) is 0 Å². The fourth-order valence-corrected chi connectivity index (χ4v) is 4.97. The molecule has 3 fully saturated rings. The van der Waals surface area contributed by atoms with Crippen LogP contribution in [-0.2, 0) is 15.1 Å². The van der Waals surface area contributed by atoms with Crippen molar-refractivity contribution in [2.75, 3.05) is 13.1 Å². The maximum Gasteiger partial charge on any atom is 0.309 e. The van der Waals surface area contributed by atoms with Crippen molar-refractivity contribution in [2.24, 2.45) is 5.92 Å². The molecule has 2 bridgehead atoms. The fourth-order valence-electron chi connectivity index (χ4n) is 4.97. The lowest BCUT2D eigenvalue weighted by molar-refractivity contribution is -0.170. The number of fused-ring (bicyclic) bond motifs is 3. The highest BCUT2D eigenvalue weighted by molar-refractivity contribution is 5.72. The fraction of sp³-hybridized carbons (Fsp3) is 0.458. The molecule has 2 aromatic rings. The Balaban J connectivity index is 1.56. The summed E-state index contributed by atoms with van der Waals surface area (Å²) in [5.74, 6) is 0.118. The summed E-state index contributed by atoms with van der Waals surface area (Å²) in [5, 5.41) is 11.6. The molecule has 0 saturated carbocycles. The smallest absolute Gasteiger partial charge is 0.309 e. The summed E-state index contributed by atoms with van der Waals surface area (Å²) in [4.78, 5) is 15.5. The van der Waals surface area contributed by atoms with E-state index in [4.69, 9.17) is 4.74 Å². The van der Waals surface area contributed by atoms with Gasteiger partial charge in [0.05, 0.1) is 6.42 Å². The van der Waals surface area contributed by atoms with Gasteiger partial charge in [-0.1, -0.05) is 67.6 Å². The van der Waals surface area contributed by atoms with Gasteiger partial charge in [-0.3, -0.25) is 9.69 Å². The summed E-state index contributed by atoms with van der Waals surface area (Å²) >= 11 is 0. The summed E-state index contributed by atoms with van der Waals surface area (Å²) < 4.78 is 6.03. The number of ether oxygens (including phenoxy) is 1. The highest BCUT2D eigenvalue weighted by atomic mass is 16.5. The second-order valence-corrected chi connectivity index (χ2v) is 8.07. The first kappa shape index (κ1) is 19.2. The second kappa shape index (κ2) is 8.06. The Labute approximate surface area is 167 Å². The quantitative estimate of drug-likeness (QED) is 0.777. The Hall–Kier alpha value is -2.17. The zero-order valence-electron chi connectivity index (χ0n) is 16.5. The molecule has 0 spiro atoms. The molecule has 0 aromatic heterocycles. The molecule has 0 amide bonds. The third-order valence-electron chi connectivity index (χ3n) is 6.48. The molecule has 4 heteroatoms. The van der Waals surface area contributed by atoms with E-state index in [0.29, 0.717) is 23.1 Å². The monoisotopic (exact) mass is 379 g/mol. The van der Waals surface area contributed by atoms with Crippen molar-refractivity contribution < 1.29 is 14.6 Å².